The van der Waals surface area contributed by atoms with Gasteiger partial charge in [0.25, 0.3) is 0 Å². The van der Waals surface area contributed by atoms with E-state index >= 15 is 0 Å². The second-order valence-electron chi connectivity index (χ2n) is 3.67. The van der Waals surface area contributed by atoms with Crippen LogP contribution in [-0.2, 0) is 0 Å². The summed E-state index contributed by atoms with van der Waals surface area (Å²) in [6.07, 6.45) is 2.46. The average molecular weight is 275 g/mol. The summed E-state index contributed by atoms with van der Waals surface area (Å²) < 4.78 is 4.83. The van der Waals surface area contributed by atoms with Gasteiger partial charge in [-0.3, -0.25) is 10.1 Å². The van der Waals surface area contributed by atoms with Crippen molar-refractivity contribution in [1.82, 2.24) is 0 Å². The van der Waals surface area contributed by atoms with Gasteiger partial charge in [0.1, 0.15) is 16.4 Å². The molecule has 20 heavy (non-hydrogen) atoms. The zero-order chi connectivity index (χ0) is 14.5. The number of phenols is 2. The van der Waals surface area contributed by atoms with Gasteiger partial charge in [-0.05, 0) is 18.2 Å². The first-order valence-corrected chi connectivity index (χ1v) is 5.39. The van der Waals surface area contributed by atoms with Crippen molar-refractivity contribution < 1.29 is 19.6 Å². The lowest BCUT2D eigenvalue weighted by atomic mass is 10.2. The topological polar surface area (TPSA) is 121 Å². The van der Waals surface area contributed by atoms with E-state index in [0.717, 1.165) is 0 Å². The van der Waals surface area contributed by atoms with Crippen LogP contribution in [0.5, 0.6) is 11.5 Å². The predicted molar refractivity (Wildman–Crippen MR) is 70.3 cm³/mol. The minimum atomic E-state index is -0.658. The van der Waals surface area contributed by atoms with Crippen LogP contribution < -0.4 is 0 Å². The SMILES string of the molecule is O=[N+]([O-])c1ccc(C=N/N=C/c2ccc(O)cc2O)o1. The predicted octanol–water partition coefficient (Wildman–Crippen LogP) is 2.05. The number of rotatable bonds is 4. The molecule has 0 bridgehead atoms. The van der Waals surface area contributed by atoms with Gasteiger partial charge in [0.15, 0.2) is 5.76 Å². The highest BCUT2D eigenvalue weighted by molar-refractivity contribution is 5.84. The molecule has 8 nitrogen and oxygen atoms in total. The summed E-state index contributed by atoms with van der Waals surface area (Å²) in [4.78, 5) is 9.73. The summed E-state index contributed by atoms with van der Waals surface area (Å²) in [5, 5.41) is 36.2. The largest absolute Gasteiger partial charge is 0.508 e. The molecule has 1 aromatic heterocycles. The first-order chi connectivity index (χ1) is 9.56. The molecule has 0 spiro atoms. The lowest BCUT2D eigenvalue weighted by Gasteiger charge is -1.97. The molecule has 0 radical (unpaired) electrons. The number of phenolic OH excluding ortho intramolecular Hbond substituents is 2. The standard InChI is InChI=1S/C12H9N3O5/c16-9-2-1-8(11(17)5-9)6-13-14-7-10-3-4-12(20-10)15(18)19/h1-7,16-17H/b13-6+,14-7?. The number of furan rings is 1. The van der Waals surface area contributed by atoms with E-state index in [1.807, 2.05) is 0 Å². The molecular weight excluding hydrogens is 266 g/mol. The van der Waals surface area contributed by atoms with Gasteiger partial charge in [-0.25, -0.2) is 0 Å². The number of aromatic hydroxyl groups is 2. The fourth-order valence-corrected chi connectivity index (χ4v) is 1.34. The molecule has 0 saturated heterocycles. The summed E-state index contributed by atoms with van der Waals surface area (Å²) in [7, 11) is 0. The minimum Gasteiger partial charge on any atom is -0.508 e. The van der Waals surface area contributed by atoms with Crippen LogP contribution in [0.1, 0.15) is 11.3 Å². The molecule has 2 N–H and O–H groups in total. The third kappa shape index (κ3) is 3.19. The van der Waals surface area contributed by atoms with Crippen LogP contribution in [0, 0.1) is 10.1 Å². The van der Waals surface area contributed by atoms with E-state index in [1.54, 1.807) is 0 Å². The Morgan fingerprint density at radius 2 is 1.90 bits per heavy atom. The molecule has 0 fully saturated rings. The Kier molecular flexibility index (Phi) is 3.75. The summed E-state index contributed by atoms with van der Waals surface area (Å²) in [6, 6.07) is 6.61. The molecule has 0 saturated carbocycles. The molecule has 0 aliphatic rings. The zero-order valence-electron chi connectivity index (χ0n) is 10.0. The maximum atomic E-state index is 10.4. The van der Waals surface area contributed by atoms with Crippen molar-refractivity contribution in [2.45, 2.75) is 0 Å². The zero-order valence-corrected chi connectivity index (χ0v) is 10.0. The van der Waals surface area contributed by atoms with Gasteiger partial charge in [0, 0.05) is 11.6 Å². The first-order valence-electron chi connectivity index (χ1n) is 5.39. The van der Waals surface area contributed by atoms with Gasteiger partial charge < -0.3 is 14.6 Å². The van der Waals surface area contributed by atoms with Crippen molar-refractivity contribution in [2.24, 2.45) is 10.2 Å². The lowest BCUT2D eigenvalue weighted by Crippen LogP contribution is -1.83. The fraction of sp³-hybridized carbons (Fsp3) is 0. The van der Waals surface area contributed by atoms with Crippen LogP contribution in [0.4, 0.5) is 5.88 Å². The summed E-state index contributed by atoms with van der Waals surface area (Å²) in [5.74, 6) is -0.404. The van der Waals surface area contributed by atoms with Gasteiger partial charge in [0.2, 0.25) is 0 Å². The second kappa shape index (κ2) is 5.65. The quantitative estimate of drug-likeness (QED) is 0.502. The van der Waals surface area contributed by atoms with Gasteiger partial charge in [0.05, 0.1) is 18.5 Å². The third-order valence-electron chi connectivity index (χ3n) is 2.26. The highest BCUT2D eigenvalue weighted by Gasteiger charge is 2.09. The van der Waals surface area contributed by atoms with E-state index in [9.17, 15) is 15.2 Å². The molecule has 8 heteroatoms. The Bertz CT molecular complexity index is 690. The molecule has 0 unspecified atom stereocenters. The van der Waals surface area contributed by atoms with E-state index < -0.39 is 4.92 Å². The van der Waals surface area contributed by atoms with Crippen LogP contribution in [0.25, 0.3) is 0 Å². The van der Waals surface area contributed by atoms with Gasteiger partial charge in [-0.1, -0.05) is 0 Å². The molecule has 102 valence electrons. The van der Waals surface area contributed by atoms with Crippen LogP contribution in [0.2, 0.25) is 0 Å². The van der Waals surface area contributed by atoms with Crippen molar-refractivity contribution in [3.8, 4) is 11.5 Å². The summed E-state index contributed by atoms with van der Waals surface area (Å²) >= 11 is 0. The Morgan fingerprint density at radius 3 is 2.55 bits per heavy atom. The second-order valence-corrected chi connectivity index (χ2v) is 3.67. The minimum absolute atomic E-state index is 0.0638. The summed E-state index contributed by atoms with van der Waals surface area (Å²) in [5.41, 5.74) is 0.366. The van der Waals surface area contributed by atoms with Crippen molar-refractivity contribution in [3.63, 3.8) is 0 Å². The van der Waals surface area contributed by atoms with E-state index in [2.05, 4.69) is 10.2 Å². The maximum absolute atomic E-state index is 10.4. The Morgan fingerprint density at radius 1 is 1.15 bits per heavy atom. The Hall–Kier alpha value is -3.16. The number of nitro groups is 1. The molecule has 0 aliphatic heterocycles. The normalized spacial score (nSPS) is 11.4. The van der Waals surface area contributed by atoms with E-state index in [1.165, 1.54) is 42.8 Å². The van der Waals surface area contributed by atoms with Crippen LogP contribution >= 0.6 is 0 Å². The van der Waals surface area contributed by atoms with Gasteiger partial charge >= 0.3 is 5.88 Å². The van der Waals surface area contributed by atoms with E-state index in [-0.39, 0.29) is 23.1 Å². The molecular formula is C12H9N3O5. The molecule has 0 amide bonds. The molecule has 0 aliphatic carbocycles. The van der Waals surface area contributed by atoms with Crippen molar-refractivity contribution in [1.29, 1.82) is 0 Å². The molecule has 2 aromatic rings. The van der Waals surface area contributed by atoms with Crippen molar-refractivity contribution >= 4 is 18.3 Å². The maximum Gasteiger partial charge on any atom is 0.433 e. The first kappa shape index (κ1) is 13.3. The Labute approximate surface area is 112 Å². The van der Waals surface area contributed by atoms with Crippen LogP contribution in [-0.4, -0.2) is 27.6 Å². The van der Waals surface area contributed by atoms with Crippen molar-refractivity contribution in [2.75, 3.05) is 0 Å². The highest BCUT2D eigenvalue weighted by atomic mass is 16.6. The van der Waals surface area contributed by atoms with Gasteiger partial charge in [-0.2, -0.15) is 10.2 Å². The number of hydrogen-bond donors (Lipinski definition) is 2. The van der Waals surface area contributed by atoms with Crippen LogP contribution in [0.15, 0.2) is 45.0 Å². The third-order valence-corrected chi connectivity index (χ3v) is 2.26. The van der Waals surface area contributed by atoms with Crippen molar-refractivity contribution in [3.05, 3.63) is 51.8 Å². The Balaban J connectivity index is 2.05. The molecule has 2 rings (SSSR count). The highest BCUT2D eigenvalue weighted by Crippen LogP contribution is 2.20. The van der Waals surface area contributed by atoms with Crippen LogP contribution in [0.3, 0.4) is 0 Å². The average Bonchev–Trinajstić information content (AvgIpc) is 2.85. The monoisotopic (exact) mass is 275 g/mol. The smallest absolute Gasteiger partial charge is 0.433 e. The number of nitrogens with zero attached hydrogens (tertiary/aromatic N) is 3. The fourth-order valence-electron chi connectivity index (χ4n) is 1.34. The molecule has 0 atom stereocenters. The lowest BCUT2D eigenvalue weighted by molar-refractivity contribution is -0.402. The van der Waals surface area contributed by atoms with Gasteiger partial charge in [-0.15, -0.1) is 0 Å². The summed E-state index contributed by atoms with van der Waals surface area (Å²) in [6.45, 7) is 0. The number of benzene rings is 1. The molecule has 1 aromatic carbocycles. The number of hydrogen-bond acceptors (Lipinski definition) is 7. The van der Waals surface area contributed by atoms with E-state index in [0.29, 0.717) is 5.56 Å². The van der Waals surface area contributed by atoms with E-state index in [4.69, 9.17) is 9.52 Å². The molecule has 1 heterocycles.